The number of nitrogens with one attached hydrogen (secondary N) is 2. The Balaban J connectivity index is 1.60. The van der Waals surface area contributed by atoms with Crippen LogP contribution in [0.15, 0.2) is 42.5 Å². The Morgan fingerprint density at radius 2 is 1.84 bits per heavy atom. The molecule has 0 radical (unpaired) electrons. The van der Waals surface area contributed by atoms with E-state index in [0.717, 1.165) is 12.8 Å². The smallest absolute Gasteiger partial charge is 0.262 e. The Morgan fingerprint density at radius 3 is 2.56 bits per heavy atom. The van der Waals surface area contributed by atoms with E-state index in [1.807, 2.05) is 0 Å². The molecule has 0 unspecified atom stereocenters. The quantitative estimate of drug-likeness (QED) is 0.800. The fourth-order valence-electron chi connectivity index (χ4n) is 2.18. The standard InChI is InChI=1S/C18H16Cl2N2O3/c19-14-8-7-12(9-15(14)20)25-10-17(23)22-16-4-2-1-3-13(16)18(24)21-11-5-6-11/h1-4,7-9,11H,5-6,10H2,(H,21,24)(H,22,23). The second-order valence-corrected chi connectivity index (χ2v) is 6.52. The number of benzene rings is 2. The van der Waals surface area contributed by atoms with Gasteiger partial charge in [0.1, 0.15) is 5.75 Å². The molecular formula is C18H16Cl2N2O3. The third-order valence-electron chi connectivity index (χ3n) is 3.62. The first kappa shape index (κ1) is 17.6. The van der Waals surface area contributed by atoms with E-state index in [9.17, 15) is 9.59 Å². The molecule has 25 heavy (non-hydrogen) atoms. The minimum atomic E-state index is -0.377. The summed E-state index contributed by atoms with van der Waals surface area (Å²) in [5.41, 5.74) is 0.876. The Labute approximate surface area is 155 Å². The predicted octanol–water partition coefficient (Wildman–Crippen LogP) is 3.90. The average molecular weight is 379 g/mol. The van der Waals surface area contributed by atoms with Crippen LogP contribution in [-0.2, 0) is 4.79 Å². The summed E-state index contributed by atoms with van der Waals surface area (Å²) in [6.07, 6.45) is 2.00. The van der Waals surface area contributed by atoms with E-state index in [1.54, 1.807) is 36.4 Å². The zero-order valence-electron chi connectivity index (χ0n) is 13.2. The molecule has 130 valence electrons. The van der Waals surface area contributed by atoms with E-state index in [0.29, 0.717) is 27.0 Å². The van der Waals surface area contributed by atoms with Crippen LogP contribution in [-0.4, -0.2) is 24.5 Å². The van der Waals surface area contributed by atoms with Crippen LogP contribution in [0, 0.1) is 0 Å². The Bertz CT molecular complexity index is 807. The number of carbonyl (C=O) groups is 2. The predicted molar refractivity (Wildman–Crippen MR) is 97.5 cm³/mol. The SMILES string of the molecule is O=C(COc1ccc(Cl)c(Cl)c1)Nc1ccccc1C(=O)NC1CC1. The molecule has 7 heteroatoms. The third kappa shape index (κ3) is 4.87. The summed E-state index contributed by atoms with van der Waals surface area (Å²) in [7, 11) is 0. The zero-order chi connectivity index (χ0) is 17.8. The highest BCUT2D eigenvalue weighted by Gasteiger charge is 2.25. The molecule has 1 aliphatic rings. The van der Waals surface area contributed by atoms with Crippen LogP contribution >= 0.6 is 23.2 Å². The van der Waals surface area contributed by atoms with Crippen molar-refractivity contribution in [2.75, 3.05) is 11.9 Å². The van der Waals surface area contributed by atoms with Gasteiger partial charge < -0.3 is 15.4 Å². The lowest BCUT2D eigenvalue weighted by Crippen LogP contribution is -2.28. The van der Waals surface area contributed by atoms with E-state index in [-0.39, 0.29) is 24.5 Å². The molecule has 2 aromatic rings. The van der Waals surface area contributed by atoms with Crippen molar-refractivity contribution in [2.24, 2.45) is 0 Å². The monoisotopic (exact) mass is 378 g/mol. The summed E-state index contributed by atoms with van der Waals surface area (Å²) in [5.74, 6) is -0.133. The number of amides is 2. The van der Waals surface area contributed by atoms with Crippen molar-refractivity contribution in [3.8, 4) is 5.75 Å². The van der Waals surface area contributed by atoms with Gasteiger partial charge in [-0.25, -0.2) is 0 Å². The van der Waals surface area contributed by atoms with Gasteiger partial charge >= 0.3 is 0 Å². The van der Waals surface area contributed by atoms with Gasteiger partial charge in [0.05, 0.1) is 21.3 Å². The van der Waals surface area contributed by atoms with Crippen LogP contribution in [0.1, 0.15) is 23.2 Å². The summed E-state index contributed by atoms with van der Waals surface area (Å²) in [5, 5.41) is 6.36. The molecule has 2 aromatic carbocycles. The highest BCUT2D eigenvalue weighted by atomic mass is 35.5. The molecule has 2 amide bonds. The zero-order valence-corrected chi connectivity index (χ0v) is 14.7. The average Bonchev–Trinajstić information content (AvgIpc) is 3.40. The van der Waals surface area contributed by atoms with Gasteiger partial charge in [0.15, 0.2) is 6.61 Å². The van der Waals surface area contributed by atoms with Crippen molar-refractivity contribution < 1.29 is 14.3 Å². The van der Waals surface area contributed by atoms with Gasteiger partial charge in [-0.15, -0.1) is 0 Å². The second-order valence-electron chi connectivity index (χ2n) is 5.71. The minimum Gasteiger partial charge on any atom is -0.484 e. The van der Waals surface area contributed by atoms with Crippen LogP contribution in [0.4, 0.5) is 5.69 Å². The van der Waals surface area contributed by atoms with E-state index < -0.39 is 0 Å². The molecule has 1 aliphatic carbocycles. The van der Waals surface area contributed by atoms with Crippen molar-refractivity contribution in [1.29, 1.82) is 0 Å². The van der Waals surface area contributed by atoms with Gasteiger partial charge in [-0.3, -0.25) is 9.59 Å². The minimum absolute atomic E-state index is 0.191. The summed E-state index contributed by atoms with van der Waals surface area (Å²) >= 11 is 11.7. The number of hydrogen-bond donors (Lipinski definition) is 2. The molecule has 0 aromatic heterocycles. The lowest BCUT2D eigenvalue weighted by Gasteiger charge is -2.12. The van der Waals surface area contributed by atoms with Crippen LogP contribution in [0.2, 0.25) is 10.0 Å². The highest BCUT2D eigenvalue weighted by Crippen LogP contribution is 2.26. The van der Waals surface area contributed by atoms with Gasteiger partial charge in [-0.05, 0) is 37.1 Å². The van der Waals surface area contributed by atoms with Crippen molar-refractivity contribution >= 4 is 40.7 Å². The van der Waals surface area contributed by atoms with E-state index in [2.05, 4.69) is 10.6 Å². The Morgan fingerprint density at radius 1 is 1.08 bits per heavy atom. The van der Waals surface area contributed by atoms with E-state index >= 15 is 0 Å². The van der Waals surface area contributed by atoms with Crippen LogP contribution in [0.5, 0.6) is 5.75 Å². The van der Waals surface area contributed by atoms with Crippen LogP contribution in [0.3, 0.4) is 0 Å². The van der Waals surface area contributed by atoms with Crippen LogP contribution in [0.25, 0.3) is 0 Å². The van der Waals surface area contributed by atoms with Gasteiger partial charge in [0.25, 0.3) is 11.8 Å². The molecule has 0 bridgehead atoms. The summed E-state index contributed by atoms with van der Waals surface area (Å²) in [6, 6.07) is 11.9. The third-order valence-corrected chi connectivity index (χ3v) is 4.36. The molecule has 0 saturated heterocycles. The molecule has 1 fully saturated rings. The normalized spacial score (nSPS) is 13.2. The number of carbonyl (C=O) groups excluding carboxylic acids is 2. The molecule has 2 N–H and O–H groups in total. The Kier molecular flexibility index (Phi) is 5.46. The van der Waals surface area contributed by atoms with Gasteiger partial charge in [-0.1, -0.05) is 35.3 Å². The first-order valence-electron chi connectivity index (χ1n) is 7.80. The highest BCUT2D eigenvalue weighted by molar-refractivity contribution is 6.42. The van der Waals surface area contributed by atoms with Gasteiger partial charge in [-0.2, -0.15) is 0 Å². The van der Waals surface area contributed by atoms with Gasteiger partial charge in [0.2, 0.25) is 0 Å². The number of anilines is 1. The number of hydrogen-bond acceptors (Lipinski definition) is 3. The number of rotatable bonds is 6. The number of ether oxygens (including phenoxy) is 1. The number of para-hydroxylation sites is 1. The van der Waals surface area contributed by atoms with E-state index in [1.165, 1.54) is 6.07 Å². The fourth-order valence-corrected chi connectivity index (χ4v) is 2.47. The first-order chi connectivity index (χ1) is 12.0. The molecule has 0 spiro atoms. The van der Waals surface area contributed by atoms with Crippen molar-refractivity contribution in [3.05, 3.63) is 58.1 Å². The molecule has 5 nitrogen and oxygen atoms in total. The topological polar surface area (TPSA) is 67.4 Å². The molecule has 0 atom stereocenters. The molecule has 3 rings (SSSR count). The van der Waals surface area contributed by atoms with Crippen molar-refractivity contribution in [2.45, 2.75) is 18.9 Å². The second kappa shape index (κ2) is 7.76. The summed E-state index contributed by atoms with van der Waals surface area (Å²) in [4.78, 5) is 24.3. The van der Waals surface area contributed by atoms with Crippen molar-refractivity contribution in [1.82, 2.24) is 5.32 Å². The molecular weight excluding hydrogens is 363 g/mol. The Hall–Kier alpha value is -2.24. The lowest BCUT2D eigenvalue weighted by atomic mass is 10.1. The summed E-state index contributed by atoms with van der Waals surface area (Å²) in [6.45, 7) is -0.212. The van der Waals surface area contributed by atoms with E-state index in [4.69, 9.17) is 27.9 Å². The first-order valence-corrected chi connectivity index (χ1v) is 8.56. The fraction of sp³-hybridized carbons (Fsp3) is 0.222. The largest absolute Gasteiger partial charge is 0.484 e. The summed E-state index contributed by atoms with van der Waals surface area (Å²) < 4.78 is 5.40. The molecule has 0 heterocycles. The van der Waals surface area contributed by atoms with Crippen LogP contribution < -0.4 is 15.4 Å². The molecule has 0 aliphatic heterocycles. The maximum Gasteiger partial charge on any atom is 0.262 e. The maximum atomic E-state index is 12.2. The van der Waals surface area contributed by atoms with Gasteiger partial charge in [0, 0.05) is 12.1 Å². The number of halogens is 2. The maximum absolute atomic E-state index is 12.2. The lowest BCUT2D eigenvalue weighted by molar-refractivity contribution is -0.118. The molecule has 1 saturated carbocycles. The van der Waals surface area contributed by atoms with Crippen molar-refractivity contribution in [3.63, 3.8) is 0 Å².